The minimum Gasteiger partial charge on any atom is -0.478 e. The SMILES string of the molecule is CC(CNc1nccc(C(=O)O)c1F)N(C)C. The molecule has 0 saturated heterocycles. The van der Waals surface area contributed by atoms with E-state index in [-0.39, 0.29) is 17.4 Å². The molecule has 1 aromatic heterocycles. The summed E-state index contributed by atoms with van der Waals surface area (Å²) in [6.07, 6.45) is 1.27. The molecule has 0 aliphatic carbocycles. The van der Waals surface area contributed by atoms with Gasteiger partial charge in [0.25, 0.3) is 0 Å². The van der Waals surface area contributed by atoms with Crippen molar-refractivity contribution in [3.8, 4) is 0 Å². The van der Waals surface area contributed by atoms with Crippen LogP contribution in [0.1, 0.15) is 17.3 Å². The highest BCUT2D eigenvalue weighted by Crippen LogP contribution is 2.15. The van der Waals surface area contributed by atoms with Crippen LogP contribution < -0.4 is 5.32 Å². The van der Waals surface area contributed by atoms with Crippen LogP contribution in [0.4, 0.5) is 10.2 Å². The standard InChI is InChI=1S/C11H16FN3O2/c1-7(15(2)3)6-14-10-9(12)8(11(16)17)4-5-13-10/h4-5,7H,6H2,1-3H3,(H,13,14)(H,16,17). The molecule has 5 nitrogen and oxygen atoms in total. The average molecular weight is 241 g/mol. The van der Waals surface area contributed by atoms with Gasteiger partial charge in [-0.25, -0.2) is 14.2 Å². The van der Waals surface area contributed by atoms with Gasteiger partial charge in [-0.05, 0) is 27.1 Å². The van der Waals surface area contributed by atoms with Gasteiger partial charge < -0.3 is 15.3 Å². The summed E-state index contributed by atoms with van der Waals surface area (Å²) in [5.74, 6) is -2.15. The number of hydrogen-bond donors (Lipinski definition) is 2. The van der Waals surface area contributed by atoms with Crippen LogP contribution in [0.25, 0.3) is 0 Å². The summed E-state index contributed by atoms with van der Waals surface area (Å²) in [4.78, 5) is 16.5. The first-order valence-electron chi connectivity index (χ1n) is 5.21. The van der Waals surface area contributed by atoms with Crippen LogP contribution in [-0.4, -0.2) is 47.6 Å². The van der Waals surface area contributed by atoms with Gasteiger partial charge >= 0.3 is 5.97 Å². The van der Waals surface area contributed by atoms with E-state index >= 15 is 0 Å². The number of carbonyl (C=O) groups is 1. The molecule has 2 N–H and O–H groups in total. The Labute approximate surface area is 99.3 Å². The van der Waals surface area contributed by atoms with Gasteiger partial charge in [-0.1, -0.05) is 0 Å². The molecule has 0 spiro atoms. The normalized spacial score (nSPS) is 12.5. The van der Waals surface area contributed by atoms with Crippen molar-refractivity contribution < 1.29 is 14.3 Å². The smallest absolute Gasteiger partial charge is 0.338 e. The van der Waals surface area contributed by atoms with Crippen LogP contribution in [0.15, 0.2) is 12.3 Å². The highest BCUT2D eigenvalue weighted by Gasteiger charge is 2.15. The molecule has 0 fully saturated rings. The first-order valence-corrected chi connectivity index (χ1v) is 5.21. The Balaban J connectivity index is 2.79. The summed E-state index contributed by atoms with van der Waals surface area (Å²) < 4.78 is 13.7. The molecular formula is C11H16FN3O2. The summed E-state index contributed by atoms with van der Waals surface area (Å²) in [6, 6.07) is 1.32. The van der Waals surface area contributed by atoms with Crippen LogP contribution in [0, 0.1) is 5.82 Å². The third-order valence-corrected chi connectivity index (χ3v) is 2.57. The third kappa shape index (κ3) is 3.39. The lowest BCUT2D eigenvalue weighted by atomic mass is 10.2. The zero-order chi connectivity index (χ0) is 13.0. The molecule has 1 atom stereocenters. The van der Waals surface area contributed by atoms with Crippen LogP contribution in [0.3, 0.4) is 0 Å². The molecule has 0 aliphatic heterocycles. The predicted molar refractivity (Wildman–Crippen MR) is 62.8 cm³/mol. The van der Waals surface area contributed by atoms with Crippen LogP contribution in [-0.2, 0) is 0 Å². The molecule has 0 saturated carbocycles. The first kappa shape index (κ1) is 13.4. The van der Waals surface area contributed by atoms with Crippen LogP contribution in [0.2, 0.25) is 0 Å². The Morgan fingerprint density at radius 3 is 2.82 bits per heavy atom. The van der Waals surface area contributed by atoms with Crippen molar-refractivity contribution in [3.05, 3.63) is 23.6 Å². The Kier molecular flexibility index (Phi) is 4.39. The highest BCUT2D eigenvalue weighted by molar-refractivity contribution is 5.88. The first-order chi connectivity index (χ1) is 7.93. The second kappa shape index (κ2) is 5.58. The molecule has 1 rings (SSSR count). The number of aromatic nitrogens is 1. The van der Waals surface area contributed by atoms with E-state index in [9.17, 15) is 9.18 Å². The molecule has 0 radical (unpaired) electrons. The lowest BCUT2D eigenvalue weighted by molar-refractivity contribution is 0.0692. The number of nitrogens with zero attached hydrogens (tertiary/aromatic N) is 2. The van der Waals surface area contributed by atoms with E-state index in [0.29, 0.717) is 6.54 Å². The monoisotopic (exact) mass is 241 g/mol. The Morgan fingerprint density at radius 2 is 2.29 bits per heavy atom. The van der Waals surface area contributed by atoms with Crippen LogP contribution >= 0.6 is 0 Å². The van der Waals surface area contributed by atoms with Crippen molar-refractivity contribution >= 4 is 11.8 Å². The van der Waals surface area contributed by atoms with Gasteiger partial charge in [0.05, 0.1) is 0 Å². The number of carboxylic acid groups (broad SMARTS) is 1. The van der Waals surface area contributed by atoms with Crippen molar-refractivity contribution in [1.82, 2.24) is 9.88 Å². The van der Waals surface area contributed by atoms with E-state index in [1.807, 2.05) is 25.9 Å². The second-order valence-corrected chi connectivity index (χ2v) is 4.02. The number of pyridine rings is 1. The molecule has 1 aromatic rings. The topological polar surface area (TPSA) is 65.5 Å². The molecule has 1 unspecified atom stereocenters. The van der Waals surface area contributed by atoms with E-state index in [2.05, 4.69) is 10.3 Å². The van der Waals surface area contributed by atoms with Gasteiger partial charge in [0.15, 0.2) is 11.6 Å². The fraction of sp³-hybridized carbons (Fsp3) is 0.455. The average Bonchev–Trinajstić information content (AvgIpc) is 2.26. The van der Waals surface area contributed by atoms with E-state index in [1.54, 1.807) is 0 Å². The maximum atomic E-state index is 13.7. The number of rotatable bonds is 5. The molecule has 17 heavy (non-hydrogen) atoms. The van der Waals surface area contributed by atoms with Gasteiger partial charge in [0.2, 0.25) is 0 Å². The summed E-state index contributed by atoms with van der Waals surface area (Å²) in [7, 11) is 3.81. The van der Waals surface area contributed by atoms with Gasteiger partial charge in [-0.3, -0.25) is 0 Å². The molecule has 0 aromatic carbocycles. The molecular weight excluding hydrogens is 225 g/mol. The summed E-state index contributed by atoms with van der Waals surface area (Å²) in [5.41, 5.74) is -0.375. The summed E-state index contributed by atoms with van der Waals surface area (Å²) in [6.45, 7) is 2.45. The molecule has 6 heteroatoms. The molecule has 94 valence electrons. The number of hydrogen-bond acceptors (Lipinski definition) is 4. The molecule has 0 bridgehead atoms. The number of nitrogens with one attached hydrogen (secondary N) is 1. The number of carboxylic acids is 1. The van der Waals surface area contributed by atoms with E-state index in [1.165, 1.54) is 6.20 Å². The number of anilines is 1. The van der Waals surface area contributed by atoms with Crippen molar-refractivity contribution in [1.29, 1.82) is 0 Å². The zero-order valence-electron chi connectivity index (χ0n) is 10.1. The number of aromatic carboxylic acids is 1. The van der Waals surface area contributed by atoms with E-state index in [0.717, 1.165) is 6.07 Å². The lowest BCUT2D eigenvalue weighted by Gasteiger charge is -2.20. The minimum atomic E-state index is -1.30. The number of likely N-dealkylation sites (N-methyl/N-ethyl adjacent to an activating group) is 1. The van der Waals surface area contributed by atoms with Gasteiger partial charge in [0, 0.05) is 18.8 Å². The Bertz CT molecular complexity index is 410. The number of halogens is 1. The second-order valence-electron chi connectivity index (χ2n) is 4.02. The van der Waals surface area contributed by atoms with E-state index < -0.39 is 11.8 Å². The zero-order valence-corrected chi connectivity index (χ0v) is 10.1. The predicted octanol–water partition coefficient (Wildman–Crippen LogP) is 1.28. The molecule has 1 heterocycles. The van der Waals surface area contributed by atoms with Crippen molar-refractivity contribution in [2.45, 2.75) is 13.0 Å². The maximum Gasteiger partial charge on any atom is 0.338 e. The van der Waals surface area contributed by atoms with Gasteiger partial charge in [-0.2, -0.15) is 0 Å². The van der Waals surface area contributed by atoms with Crippen molar-refractivity contribution in [2.75, 3.05) is 26.0 Å². The molecule has 0 aliphatic rings. The van der Waals surface area contributed by atoms with Gasteiger partial charge in [-0.15, -0.1) is 0 Å². The Morgan fingerprint density at radius 1 is 1.65 bits per heavy atom. The van der Waals surface area contributed by atoms with Crippen LogP contribution in [0.5, 0.6) is 0 Å². The van der Waals surface area contributed by atoms with Crippen molar-refractivity contribution in [2.24, 2.45) is 0 Å². The quantitative estimate of drug-likeness (QED) is 0.813. The third-order valence-electron chi connectivity index (χ3n) is 2.57. The maximum absolute atomic E-state index is 13.7. The fourth-order valence-electron chi connectivity index (χ4n) is 1.16. The highest BCUT2D eigenvalue weighted by atomic mass is 19.1. The minimum absolute atomic E-state index is 0.0291. The largest absolute Gasteiger partial charge is 0.478 e. The summed E-state index contributed by atoms with van der Waals surface area (Å²) in [5, 5.41) is 11.6. The molecule has 0 amide bonds. The summed E-state index contributed by atoms with van der Waals surface area (Å²) >= 11 is 0. The van der Waals surface area contributed by atoms with Crippen molar-refractivity contribution in [3.63, 3.8) is 0 Å². The Hall–Kier alpha value is -1.69. The van der Waals surface area contributed by atoms with Gasteiger partial charge in [0.1, 0.15) is 5.56 Å². The van der Waals surface area contributed by atoms with E-state index in [4.69, 9.17) is 5.11 Å². The fourth-order valence-corrected chi connectivity index (χ4v) is 1.16. The lowest BCUT2D eigenvalue weighted by Crippen LogP contribution is -2.32.